The topological polar surface area (TPSA) is 60.6 Å². The number of pyridine rings is 1. The number of nitriles is 1. The second kappa shape index (κ2) is 9.21. The van der Waals surface area contributed by atoms with Crippen LogP contribution >= 0.6 is 0 Å². The highest BCUT2D eigenvalue weighted by Crippen LogP contribution is 2.36. The van der Waals surface area contributed by atoms with Crippen molar-refractivity contribution in [1.29, 1.82) is 5.26 Å². The highest BCUT2D eigenvalue weighted by atomic mass is 15.2. The standard InChI is InChI=1S/C32H33N5/c1-32(2,3)37-15-12-23(13-16-37)29-18-28-26(11-14-34-31(28)35-29)24-9-10-27-25(19-33)21-36(30(27)17-24)20-22-7-5-4-6-8-22/h4-11,14,17-18,21,23H,12-13,15-16,20H2,1-3H3,(H,34,35). The lowest BCUT2D eigenvalue weighted by Crippen LogP contribution is -2.45. The Hall–Kier alpha value is -3.88. The summed E-state index contributed by atoms with van der Waals surface area (Å²) in [5.74, 6) is 0.532. The number of nitrogens with zero attached hydrogens (tertiary/aromatic N) is 4. The number of rotatable bonds is 4. The van der Waals surface area contributed by atoms with Crippen molar-refractivity contribution in [2.75, 3.05) is 13.1 Å². The van der Waals surface area contributed by atoms with Gasteiger partial charge in [0, 0.05) is 46.9 Å². The first-order valence-corrected chi connectivity index (χ1v) is 13.2. The summed E-state index contributed by atoms with van der Waals surface area (Å²) < 4.78 is 2.19. The van der Waals surface area contributed by atoms with E-state index >= 15 is 0 Å². The molecule has 0 bridgehead atoms. The Balaban J connectivity index is 1.36. The molecule has 4 heterocycles. The van der Waals surface area contributed by atoms with Gasteiger partial charge in [-0.05, 0) is 81.6 Å². The minimum atomic E-state index is 0.225. The molecule has 5 aromatic rings. The molecule has 6 rings (SSSR count). The van der Waals surface area contributed by atoms with Gasteiger partial charge in [-0.25, -0.2) is 4.98 Å². The Morgan fingerprint density at radius 2 is 1.78 bits per heavy atom. The van der Waals surface area contributed by atoms with Gasteiger partial charge < -0.3 is 9.55 Å². The van der Waals surface area contributed by atoms with E-state index in [-0.39, 0.29) is 5.54 Å². The summed E-state index contributed by atoms with van der Waals surface area (Å²) in [6.07, 6.45) is 6.20. The van der Waals surface area contributed by atoms with E-state index in [2.05, 4.69) is 101 Å². The predicted octanol–water partition coefficient (Wildman–Crippen LogP) is 7.08. The summed E-state index contributed by atoms with van der Waals surface area (Å²) >= 11 is 0. The van der Waals surface area contributed by atoms with E-state index in [4.69, 9.17) is 0 Å². The van der Waals surface area contributed by atoms with E-state index in [0.29, 0.717) is 11.5 Å². The van der Waals surface area contributed by atoms with E-state index in [0.717, 1.165) is 60.0 Å². The monoisotopic (exact) mass is 487 g/mol. The number of aromatic nitrogens is 3. The van der Waals surface area contributed by atoms with Crippen molar-refractivity contribution in [2.45, 2.75) is 51.6 Å². The second-order valence-electron chi connectivity index (χ2n) is 11.3. The molecule has 186 valence electrons. The van der Waals surface area contributed by atoms with Crippen LogP contribution in [0.25, 0.3) is 33.1 Å². The summed E-state index contributed by atoms with van der Waals surface area (Å²) in [4.78, 5) is 10.9. The molecule has 0 atom stereocenters. The zero-order valence-corrected chi connectivity index (χ0v) is 21.8. The van der Waals surface area contributed by atoms with E-state index in [1.165, 1.54) is 16.8 Å². The third-order valence-corrected chi connectivity index (χ3v) is 7.95. The van der Waals surface area contributed by atoms with Gasteiger partial charge in [-0.15, -0.1) is 0 Å². The van der Waals surface area contributed by atoms with Crippen molar-refractivity contribution in [3.63, 3.8) is 0 Å². The van der Waals surface area contributed by atoms with Crippen molar-refractivity contribution in [1.82, 2.24) is 19.4 Å². The Morgan fingerprint density at radius 3 is 2.51 bits per heavy atom. The van der Waals surface area contributed by atoms with Gasteiger partial charge in [-0.3, -0.25) is 4.90 Å². The van der Waals surface area contributed by atoms with Crippen LogP contribution < -0.4 is 0 Å². The molecule has 0 spiro atoms. The van der Waals surface area contributed by atoms with Gasteiger partial charge in [0.15, 0.2) is 0 Å². The van der Waals surface area contributed by atoms with Gasteiger partial charge in [-0.2, -0.15) is 5.26 Å². The zero-order valence-electron chi connectivity index (χ0n) is 21.8. The number of hydrogen-bond donors (Lipinski definition) is 1. The highest BCUT2D eigenvalue weighted by Gasteiger charge is 2.28. The lowest BCUT2D eigenvalue weighted by atomic mass is 9.90. The molecule has 1 aliphatic heterocycles. The van der Waals surface area contributed by atoms with Crippen molar-refractivity contribution < 1.29 is 0 Å². The van der Waals surface area contributed by atoms with Crippen LogP contribution in [0.3, 0.4) is 0 Å². The van der Waals surface area contributed by atoms with Crippen LogP contribution in [0.15, 0.2) is 73.1 Å². The molecule has 5 nitrogen and oxygen atoms in total. The van der Waals surface area contributed by atoms with Crippen LogP contribution in [0.4, 0.5) is 0 Å². The lowest BCUT2D eigenvalue weighted by Gasteiger charge is -2.40. The zero-order chi connectivity index (χ0) is 25.6. The average molecular weight is 488 g/mol. The fraction of sp³-hybridized carbons (Fsp3) is 0.312. The lowest BCUT2D eigenvalue weighted by molar-refractivity contribution is 0.102. The van der Waals surface area contributed by atoms with Crippen LogP contribution in [0.1, 0.15) is 56.4 Å². The average Bonchev–Trinajstić information content (AvgIpc) is 3.50. The first-order chi connectivity index (χ1) is 17.9. The highest BCUT2D eigenvalue weighted by molar-refractivity contribution is 5.97. The first kappa shape index (κ1) is 23.5. The normalized spacial score (nSPS) is 15.4. The number of benzene rings is 2. The van der Waals surface area contributed by atoms with Gasteiger partial charge in [-0.1, -0.05) is 42.5 Å². The SMILES string of the molecule is CC(C)(C)N1CCC(c2cc3c(-c4ccc5c(C#N)cn(Cc6ccccc6)c5c4)ccnc3[nH]2)CC1. The Bertz CT molecular complexity index is 1600. The number of fused-ring (bicyclic) bond motifs is 2. The van der Waals surface area contributed by atoms with Gasteiger partial charge in [0.2, 0.25) is 0 Å². The quantitative estimate of drug-likeness (QED) is 0.295. The summed E-state index contributed by atoms with van der Waals surface area (Å²) in [5, 5.41) is 11.9. The van der Waals surface area contributed by atoms with Crippen LogP contribution in [-0.4, -0.2) is 38.1 Å². The summed E-state index contributed by atoms with van der Waals surface area (Å²) in [5.41, 5.74) is 7.79. The van der Waals surface area contributed by atoms with Crippen LogP contribution in [0.2, 0.25) is 0 Å². The smallest absolute Gasteiger partial charge is 0.138 e. The molecule has 0 unspecified atom stereocenters. The number of nitrogens with one attached hydrogen (secondary N) is 1. The molecule has 1 N–H and O–H groups in total. The third-order valence-electron chi connectivity index (χ3n) is 7.95. The van der Waals surface area contributed by atoms with Crippen LogP contribution in [0, 0.1) is 11.3 Å². The maximum absolute atomic E-state index is 9.75. The minimum Gasteiger partial charge on any atom is -0.343 e. The Labute approximate surface area is 218 Å². The summed E-state index contributed by atoms with van der Waals surface area (Å²) in [6, 6.07) is 23.7. The van der Waals surface area contributed by atoms with Crippen LogP contribution in [-0.2, 0) is 6.54 Å². The number of piperidine rings is 1. The van der Waals surface area contributed by atoms with Gasteiger partial charge >= 0.3 is 0 Å². The fourth-order valence-corrected chi connectivity index (χ4v) is 5.84. The van der Waals surface area contributed by atoms with E-state index in [1.54, 1.807) is 0 Å². The predicted molar refractivity (Wildman–Crippen MR) is 151 cm³/mol. The van der Waals surface area contributed by atoms with Crippen molar-refractivity contribution in [3.05, 3.63) is 89.9 Å². The van der Waals surface area contributed by atoms with Crippen LogP contribution in [0.5, 0.6) is 0 Å². The van der Waals surface area contributed by atoms with Gasteiger partial charge in [0.1, 0.15) is 11.7 Å². The van der Waals surface area contributed by atoms with Gasteiger partial charge in [0.05, 0.1) is 11.1 Å². The Morgan fingerprint density at radius 1 is 1.00 bits per heavy atom. The molecular weight excluding hydrogens is 454 g/mol. The molecule has 0 radical (unpaired) electrons. The second-order valence-corrected chi connectivity index (χ2v) is 11.3. The van der Waals surface area contributed by atoms with Crippen molar-refractivity contribution >= 4 is 21.9 Å². The van der Waals surface area contributed by atoms with Gasteiger partial charge in [0.25, 0.3) is 0 Å². The molecule has 1 aliphatic rings. The number of likely N-dealkylation sites (tertiary alicyclic amines) is 1. The minimum absolute atomic E-state index is 0.225. The number of hydrogen-bond acceptors (Lipinski definition) is 3. The molecule has 3 aromatic heterocycles. The molecule has 0 amide bonds. The molecule has 5 heteroatoms. The van der Waals surface area contributed by atoms with E-state index in [9.17, 15) is 5.26 Å². The molecule has 0 saturated carbocycles. The third kappa shape index (κ3) is 4.43. The maximum Gasteiger partial charge on any atom is 0.138 e. The molecule has 37 heavy (non-hydrogen) atoms. The Kier molecular flexibility index (Phi) is 5.85. The first-order valence-electron chi connectivity index (χ1n) is 13.2. The molecule has 1 fully saturated rings. The molecule has 0 aliphatic carbocycles. The summed E-state index contributed by atoms with van der Waals surface area (Å²) in [6.45, 7) is 9.90. The fourth-order valence-electron chi connectivity index (χ4n) is 5.84. The molecule has 2 aromatic carbocycles. The van der Waals surface area contributed by atoms with Crippen molar-refractivity contribution in [3.8, 4) is 17.2 Å². The largest absolute Gasteiger partial charge is 0.343 e. The van der Waals surface area contributed by atoms with Crippen molar-refractivity contribution in [2.24, 2.45) is 0 Å². The summed E-state index contributed by atoms with van der Waals surface area (Å²) in [7, 11) is 0. The number of H-pyrrole nitrogens is 1. The van der Waals surface area contributed by atoms with E-state index < -0.39 is 0 Å². The molecule has 1 saturated heterocycles. The molecular formula is C32H33N5. The number of aromatic amines is 1. The maximum atomic E-state index is 9.75. The van der Waals surface area contributed by atoms with E-state index in [1.807, 2.05) is 18.5 Å².